The van der Waals surface area contributed by atoms with Crippen LogP contribution in [-0.4, -0.2) is 78.8 Å². The first-order valence-corrected chi connectivity index (χ1v) is 13.0. The molecule has 1 aliphatic heterocycles. The molecule has 1 aromatic rings. The first-order valence-electron chi connectivity index (χ1n) is 13.0. The Bertz CT molecular complexity index is 840. The monoisotopic (exact) mass is 508 g/mol. The Kier molecular flexibility index (Phi) is 12.4. The van der Waals surface area contributed by atoms with Crippen LogP contribution in [0.2, 0.25) is 0 Å². The van der Waals surface area contributed by atoms with Crippen molar-refractivity contribution in [1.29, 1.82) is 0 Å². The van der Waals surface area contributed by atoms with Crippen molar-refractivity contribution in [1.82, 2.24) is 15.2 Å². The molecule has 2 unspecified atom stereocenters. The van der Waals surface area contributed by atoms with Crippen LogP contribution in [0.3, 0.4) is 0 Å². The fourth-order valence-electron chi connectivity index (χ4n) is 4.17. The zero-order valence-electron chi connectivity index (χ0n) is 22.6. The zero-order valence-corrected chi connectivity index (χ0v) is 22.6. The maximum absolute atomic E-state index is 13.4. The van der Waals surface area contributed by atoms with Crippen LogP contribution in [0.5, 0.6) is 0 Å². The molecule has 0 radical (unpaired) electrons. The number of rotatable bonds is 14. The van der Waals surface area contributed by atoms with E-state index in [1.807, 2.05) is 0 Å². The summed E-state index contributed by atoms with van der Waals surface area (Å²) in [5, 5.41) is 16.5. The maximum Gasteiger partial charge on any atom is 0.408 e. The average molecular weight is 509 g/mol. The Hall–Kier alpha value is -2.39. The number of anilines is 1. The highest BCUT2D eigenvalue weighted by molar-refractivity contribution is 5.68. The van der Waals surface area contributed by atoms with Gasteiger partial charge in [0.2, 0.25) is 0 Å². The smallest absolute Gasteiger partial charge is 0.408 e. The number of hydrogen-bond donors (Lipinski definition) is 3. The number of aliphatic hydroxyl groups is 1. The molecule has 1 aromatic heterocycles. The minimum atomic E-state index is -0.637. The summed E-state index contributed by atoms with van der Waals surface area (Å²) in [7, 11) is 1.51. The molecule has 0 bridgehead atoms. The van der Waals surface area contributed by atoms with Crippen molar-refractivity contribution >= 4 is 11.9 Å². The van der Waals surface area contributed by atoms with Crippen molar-refractivity contribution in [2.45, 2.75) is 84.0 Å². The third-order valence-corrected chi connectivity index (χ3v) is 6.15. The lowest BCUT2D eigenvalue weighted by molar-refractivity contribution is 0.0416. The second kappa shape index (κ2) is 15.0. The molecule has 3 N–H and O–H groups in total. The number of hydrogen-bond acceptors (Lipinski definition) is 7. The fourth-order valence-corrected chi connectivity index (χ4v) is 4.17. The number of aryl methyl sites for hydroxylation is 2. The summed E-state index contributed by atoms with van der Waals surface area (Å²) in [6.07, 6.45) is 5.87. The number of aromatic nitrogens is 1. The Morgan fingerprint density at radius 1 is 1.33 bits per heavy atom. The number of pyridine rings is 1. The molecular weight excluding hydrogens is 463 g/mol. The van der Waals surface area contributed by atoms with E-state index in [1.165, 1.54) is 12.7 Å². The normalized spacial score (nSPS) is 15.7. The van der Waals surface area contributed by atoms with E-state index in [0.29, 0.717) is 19.5 Å². The third kappa shape index (κ3) is 10.7. The van der Waals surface area contributed by atoms with E-state index >= 15 is 0 Å². The Labute approximate surface area is 215 Å². The number of alkyl carbamates (subject to hydrolysis) is 1. The minimum Gasteiger partial charge on any atom is -0.510 e. The molecular formula is C27H45FN4O4. The number of nitrogens with one attached hydrogen (secondary N) is 2. The molecule has 8 nitrogen and oxygen atoms in total. The first-order chi connectivity index (χ1) is 17.1. The molecule has 0 spiro atoms. The summed E-state index contributed by atoms with van der Waals surface area (Å²) < 4.78 is 24.0. The molecule has 0 aliphatic carbocycles. The van der Waals surface area contributed by atoms with Gasteiger partial charge in [0.15, 0.2) is 0 Å². The minimum absolute atomic E-state index is 0.0710. The Morgan fingerprint density at radius 3 is 2.78 bits per heavy atom. The van der Waals surface area contributed by atoms with Gasteiger partial charge in [-0.05, 0) is 90.5 Å². The Balaban J connectivity index is 1.92. The van der Waals surface area contributed by atoms with Gasteiger partial charge >= 0.3 is 6.09 Å². The number of halogens is 1. The molecule has 0 saturated heterocycles. The van der Waals surface area contributed by atoms with Crippen LogP contribution in [0.4, 0.5) is 15.0 Å². The number of allylic oxidation sites excluding steroid dienone is 1. The number of unbranched alkanes of at least 4 members (excludes halogenated alkanes) is 1. The van der Waals surface area contributed by atoms with Crippen LogP contribution < -0.4 is 10.6 Å². The predicted octanol–water partition coefficient (Wildman–Crippen LogP) is 4.79. The summed E-state index contributed by atoms with van der Waals surface area (Å²) in [5.74, 6) is 1.08. The van der Waals surface area contributed by atoms with E-state index in [9.17, 15) is 14.3 Å². The number of alkyl halides is 1. The van der Waals surface area contributed by atoms with Gasteiger partial charge in [0.1, 0.15) is 23.9 Å². The van der Waals surface area contributed by atoms with Crippen molar-refractivity contribution in [3.63, 3.8) is 0 Å². The van der Waals surface area contributed by atoms with Crippen LogP contribution in [0.25, 0.3) is 0 Å². The topological polar surface area (TPSA) is 96.0 Å². The van der Waals surface area contributed by atoms with Crippen LogP contribution in [0.1, 0.15) is 64.6 Å². The lowest BCUT2D eigenvalue weighted by atomic mass is 10.1. The highest BCUT2D eigenvalue weighted by atomic mass is 19.1. The van der Waals surface area contributed by atoms with E-state index in [0.717, 1.165) is 56.7 Å². The molecule has 2 atom stereocenters. The zero-order chi connectivity index (χ0) is 26.6. The standard InChI is InChI=1S/C27H45FN4O4/c1-6-24(33)23(31-26(34)36-27(2,3)4)14-17-32(19-22(18-28)35-5)16-8-7-11-21-13-12-20-10-9-15-29-25(20)30-21/h6,12-13,22-23,33H,7-11,14-19H2,1-5H3,(H,29,30)(H,31,34)/b24-6+. The van der Waals surface area contributed by atoms with Crippen molar-refractivity contribution in [2.24, 2.45) is 0 Å². The van der Waals surface area contributed by atoms with Crippen LogP contribution >= 0.6 is 0 Å². The van der Waals surface area contributed by atoms with Gasteiger partial charge in [-0.25, -0.2) is 14.2 Å². The summed E-state index contributed by atoms with van der Waals surface area (Å²) >= 11 is 0. The van der Waals surface area contributed by atoms with Crippen LogP contribution in [0, 0.1) is 0 Å². The molecule has 1 aliphatic rings. The lowest BCUT2D eigenvalue weighted by Gasteiger charge is -2.28. The fraction of sp³-hybridized carbons (Fsp3) is 0.704. The Morgan fingerprint density at radius 2 is 2.11 bits per heavy atom. The van der Waals surface area contributed by atoms with E-state index in [1.54, 1.807) is 33.8 Å². The average Bonchev–Trinajstić information content (AvgIpc) is 2.85. The molecule has 0 fully saturated rings. The van der Waals surface area contributed by atoms with Crippen LogP contribution in [-0.2, 0) is 22.3 Å². The number of methoxy groups -OCH3 is 1. The molecule has 0 aromatic carbocycles. The van der Waals surface area contributed by atoms with Crippen molar-refractivity contribution < 1.29 is 23.8 Å². The highest BCUT2D eigenvalue weighted by Crippen LogP contribution is 2.20. The van der Waals surface area contributed by atoms with Gasteiger partial charge in [-0.1, -0.05) is 6.07 Å². The van der Waals surface area contributed by atoms with E-state index in [2.05, 4.69) is 27.7 Å². The number of ether oxygens (including phenoxy) is 2. The third-order valence-electron chi connectivity index (χ3n) is 6.15. The molecule has 2 heterocycles. The number of carbonyl (C=O) groups is 1. The summed E-state index contributed by atoms with van der Waals surface area (Å²) in [5.41, 5.74) is 1.72. The molecule has 2 rings (SSSR count). The number of fused-ring (bicyclic) bond motifs is 1. The lowest BCUT2D eigenvalue weighted by Crippen LogP contribution is -2.43. The largest absolute Gasteiger partial charge is 0.510 e. The van der Waals surface area contributed by atoms with Crippen LogP contribution in [0.15, 0.2) is 24.0 Å². The van der Waals surface area contributed by atoms with Gasteiger partial charge < -0.3 is 30.1 Å². The first kappa shape index (κ1) is 29.8. The van der Waals surface area contributed by atoms with E-state index in [4.69, 9.17) is 14.5 Å². The van der Waals surface area contributed by atoms with Gasteiger partial charge in [0, 0.05) is 32.4 Å². The summed E-state index contributed by atoms with van der Waals surface area (Å²) in [4.78, 5) is 19.2. The predicted molar refractivity (Wildman–Crippen MR) is 141 cm³/mol. The summed E-state index contributed by atoms with van der Waals surface area (Å²) in [6, 6.07) is 3.69. The second-order valence-electron chi connectivity index (χ2n) is 10.3. The van der Waals surface area contributed by atoms with Crippen molar-refractivity contribution in [3.8, 4) is 0 Å². The molecule has 36 heavy (non-hydrogen) atoms. The van der Waals surface area contributed by atoms with Gasteiger partial charge in [-0.3, -0.25) is 0 Å². The van der Waals surface area contributed by atoms with Gasteiger partial charge in [0.25, 0.3) is 0 Å². The van der Waals surface area contributed by atoms with E-state index in [-0.39, 0.29) is 5.76 Å². The highest BCUT2D eigenvalue weighted by Gasteiger charge is 2.23. The number of aliphatic hydroxyl groups excluding tert-OH is 1. The van der Waals surface area contributed by atoms with Crippen molar-refractivity contribution in [3.05, 3.63) is 35.2 Å². The summed E-state index contributed by atoms with van der Waals surface area (Å²) in [6.45, 7) is 9.22. The molecule has 1 amide bonds. The number of amides is 1. The van der Waals surface area contributed by atoms with Gasteiger partial charge in [-0.2, -0.15) is 0 Å². The SMILES string of the molecule is C/C=C(/O)C(CCN(CCCCc1ccc2c(n1)NCCC2)CC(CF)OC)NC(=O)OC(C)(C)C. The van der Waals surface area contributed by atoms with Gasteiger partial charge in [0.05, 0.1) is 12.1 Å². The second-order valence-corrected chi connectivity index (χ2v) is 10.3. The number of nitrogens with zero attached hydrogens (tertiary/aromatic N) is 2. The molecule has 9 heteroatoms. The van der Waals surface area contributed by atoms with E-state index < -0.39 is 30.5 Å². The molecule has 0 saturated carbocycles. The number of carbonyl (C=O) groups excluding carboxylic acids is 1. The quantitative estimate of drug-likeness (QED) is 0.246. The van der Waals surface area contributed by atoms with Gasteiger partial charge in [-0.15, -0.1) is 0 Å². The van der Waals surface area contributed by atoms with Crippen molar-refractivity contribution in [2.75, 3.05) is 45.3 Å². The maximum atomic E-state index is 13.4. The molecule has 204 valence electrons.